The minimum absolute atomic E-state index is 0.0929. The van der Waals surface area contributed by atoms with Gasteiger partial charge in [-0.2, -0.15) is 5.10 Å². The van der Waals surface area contributed by atoms with Crippen molar-refractivity contribution in [3.05, 3.63) is 56.4 Å². The summed E-state index contributed by atoms with van der Waals surface area (Å²) in [5.74, 6) is 0. The van der Waals surface area contributed by atoms with Gasteiger partial charge >= 0.3 is 0 Å². The average Bonchev–Trinajstić information content (AvgIpc) is 2.54. The number of rotatable bonds is 3. The van der Waals surface area contributed by atoms with Gasteiger partial charge in [0.25, 0.3) is 5.56 Å². The highest BCUT2D eigenvalue weighted by atomic mass is 79.9. The molecule has 0 bridgehead atoms. The summed E-state index contributed by atoms with van der Waals surface area (Å²) in [5, 5.41) is 4.13. The molecule has 5 nitrogen and oxygen atoms in total. The Morgan fingerprint density at radius 3 is 2.65 bits per heavy atom. The number of aromatic nitrogens is 2. The summed E-state index contributed by atoms with van der Waals surface area (Å²) in [6.07, 6.45) is 1.77. The van der Waals surface area contributed by atoms with Gasteiger partial charge in [-0.05, 0) is 28.4 Å². The maximum Gasteiger partial charge on any atom is 0.282 e. The molecule has 1 aromatic carbocycles. The van der Waals surface area contributed by atoms with Crippen LogP contribution in [0.1, 0.15) is 11.1 Å². The minimum atomic E-state index is -0.0929. The Balaban J connectivity index is 1.65. The fourth-order valence-corrected chi connectivity index (χ4v) is 3.55. The van der Waals surface area contributed by atoms with Gasteiger partial charge in [-0.25, -0.2) is 4.68 Å². The van der Waals surface area contributed by atoms with Crippen molar-refractivity contribution in [3.8, 4) is 0 Å². The molecule has 0 amide bonds. The fraction of sp³-hybridized carbons (Fsp3) is 0.412. The quantitative estimate of drug-likeness (QED) is 0.822. The first-order valence-electron chi connectivity index (χ1n) is 7.79. The van der Waals surface area contributed by atoms with Gasteiger partial charge < -0.3 is 4.90 Å². The van der Waals surface area contributed by atoms with Crippen LogP contribution in [0.3, 0.4) is 0 Å². The van der Waals surface area contributed by atoms with E-state index in [0.717, 1.165) is 38.4 Å². The monoisotopic (exact) mass is 376 g/mol. The number of piperazine rings is 1. The van der Waals surface area contributed by atoms with Crippen molar-refractivity contribution in [1.29, 1.82) is 0 Å². The minimum Gasteiger partial charge on any atom is -0.367 e. The molecule has 1 aliphatic rings. The average molecular weight is 377 g/mol. The molecular formula is C17H21BrN4O. The molecule has 0 spiro atoms. The van der Waals surface area contributed by atoms with E-state index in [2.05, 4.69) is 62.0 Å². The number of nitrogens with zero attached hydrogens (tertiary/aromatic N) is 4. The molecule has 0 saturated carbocycles. The number of halogens is 1. The Kier molecular flexibility index (Phi) is 4.82. The van der Waals surface area contributed by atoms with Crippen molar-refractivity contribution in [2.24, 2.45) is 7.05 Å². The zero-order valence-corrected chi connectivity index (χ0v) is 15.1. The van der Waals surface area contributed by atoms with Gasteiger partial charge in [0.05, 0.1) is 11.9 Å². The van der Waals surface area contributed by atoms with Crippen LogP contribution < -0.4 is 10.5 Å². The lowest BCUT2D eigenvalue weighted by atomic mass is 10.1. The molecule has 0 aliphatic carbocycles. The lowest BCUT2D eigenvalue weighted by molar-refractivity contribution is 0.249. The van der Waals surface area contributed by atoms with Crippen LogP contribution in [0.4, 0.5) is 5.69 Å². The molecule has 122 valence electrons. The molecular weight excluding hydrogens is 356 g/mol. The number of hydrogen-bond acceptors (Lipinski definition) is 4. The molecule has 1 aromatic heterocycles. The Morgan fingerprint density at radius 2 is 1.96 bits per heavy atom. The first-order chi connectivity index (χ1) is 11.0. The lowest BCUT2D eigenvalue weighted by Crippen LogP contribution is -2.46. The summed E-state index contributed by atoms with van der Waals surface area (Å²) >= 11 is 3.41. The molecule has 1 aliphatic heterocycles. The van der Waals surface area contributed by atoms with Crippen molar-refractivity contribution in [2.45, 2.75) is 13.5 Å². The number of aryl methyl sites for hydroxylation is 2. The van der Waals surface area contributed by atoms with Crippen molar-refractivity contribution in [2.75, 3.05) is 31.1 Å². The van der Waals surface area contributed by atoms with E-state index in [-0.39, 0.29) is 5.56 Å². The summed E-state index contributed by atoms with van der Waals surface area (Å²) in [5.41, 5.74) is 3.46. The Morgan fingerprint density at radius 1 is 1.22 bits per heavy atom. The summed E-state index contributed by atoms with van der Waals surface area (Å²) < 4.78 is 1.95. The SMILES string of the molecule is Cc1cccc(CN2CCN(c3cnn(C)c(=O)c3Br)CC2)c1. The van der Waals surface area contributed by atoms with E-state index in [9.17, 15) is 4.79 Å². The lowest BCUT2D eigenvalue weighted by Gasteiger charge is -2.36. The van der Waals surface area contributed by atoms with Crippen LogP contribution in [0.5, 0.6) is 0 Å². The second-order valence-corrected chi connectivity index (χ2v) is 6.82. The highest BCUT2D eigenvalue weighted by Gasteiger charge is 2.20. The van der Waals surface area contributed by atoms with Gasteiger partial charge in [0.1, 0.15) is 4.47 Å². The van der Waals surface area contributed by atoms with Crippen LogP contribution in [0.2, 0.25) is 0 Å². The third kappa shape index (κ3) is 3.64. The molecule has 6 heteroatoms. The molecule has 0 atom stereocenters. The van der Waals surface area contributed by atoms with E-state index in [0.29, 0.717) is 4.47 Å². The zero-order valence-electron chi connectivity index (χ0n) is 13.5. The Labute approximate surface area is 144 Å². The summed E-state index contributed by atoms with van der Waals surface area (Å²) in [6.45, 7) is 6.87. The third-order valence-electron chi connectivity index (χ3n) is 4.26. The molecule has 1 fully saturated rings. The van der Waals surface area contributed by atoms with E-state index in [1.807, 2.05) is 0 Å². The summed E-state index contributed by atoms with van der Waals surface area (Å²) in [7, 11) is 1.66. The zero-order chi connectivity index (χ0) is 16.4. The molecule has 0 unspecified atom stereocenters. The predicted molar refractivity (Wildman–Crippen MR) is 95.8 cm³/mol. The highest BCUT2D eigenvalue weighted by Crippen LogP contribution is 2.23. The van der Waals surface area contributed by atoms with Crippen LogP contribution in [0, 0.1) is 6.92 Å². The normalized spacial score (nSPS) is 15.9. The molecule has 2 heterocycles. The maximum absolute atomic E-state index is 12.0. The van der Waals surface area contributed by atoms with Gasteiger partial charge in [0.15, 0.2) is 0 Å². The molecule has 1 saturated heterocycles. The smallest absolute Gasteiger partial charge is 0.282 e. The molecule has 0 N–H and O–H groups in total. The van der Waals surface area contributed by atoms with Crippen LogP contribution in [-0.4, -0.2) is 40.9 Å². The van der Waals surface area contributed by atoms with Crippen molar-refractivity contribution in [1.82, 2.24) is 14.7 Å². The van der Waals surface area contributed by atoms with Crippen LogP contribution in [0.25, 0.3) is 0 Å². The van der Waals surface area contributed by atoms with Crippen molar-refractivity contribution < 1.29 is 0 Å². The number of anilines is 1. The molecule has 0 radical (unpaired) electrons. The van der Waals surface area contributed by atoms with E-state index in [4.69, 9.17) is 0 Å². The van der Waals surface area contributed by atoms with Crippen LogP contribution in [-0.2, 0) is 13.6 Å². The predicted octanol–water partition coefficient (Wildman–Crippen LogP) is 2.17. The third-order valence-corrected chi connectivity index (χ3v) is 5.01. The first kappa shape index (κ1) is 16.2. The van der Waals surface area contributed by atoms with Crippen LogP contribution in [0.15, 0.2) is 39.7 Å². The topological polar surface area (TPSA) is 41.4 Å². The maximum atomic E-state index is 12.0. The van der Waals surface area contributed by atoms with Gasteiger partial charge in [-0.1, -0.05) is 29.8 Å². The summed E-state index contributed by atoms with van der Waals surface area (Å²) in [6, 6.07) is 8.67. The first-order valence-corrected chi connectivity index (χ1v) is 8.58. The van der Waals surface area contributed by atoms with Crippen molar-refractivity contribution in [3.63, 3.8) is 0 Å². The number of hydrogen-bond donors (Lipinski definition) is 0. The molecule has 2 aromatic rings. The summed E-state index contributed by atoms with van der Waals surface area (Å²) in [4.78, 5) is 16.7. The van der Waals surface area contributed by atoms with E-state index in [1.165, 1.54) is 15.8 Å². The van der Waals surface area contributed by atoms with Gasteiger partial charge in [0, 0.05) is 39.8 Å². The Hall–Kier alpha value is -1.66. The van der Waals surface area contributed by atoms with E-state index < -0.39 is 0 Å². The van der Waals surface area contributed by atoms with Gasteiger partial charge in [-0.15, -0.1) is 0 Å². The van der Waals surface area contributed by atoms with E-state index >= 15 is 0 Å². The molecule has 23 heavy (non-hydrogen) atoms. The largest absolute Gasteiger partial charge is 0.367 e. The van der Waals surface area contributed by atoms with Gasteiger partial charge in [0.2, 0.25) is 0 Å². The standard InChI is InChI=1S/C17H21BrN4O/c1-13-4-3-5-14(10-13)12-21-6-8-22(9-7-21)15-11-19-20(2)17(23)16(15)18/h3-5,10-11H,6-9,12H2,1-2H3. The van der Waals surface area contributed by atoms with E-state index in [1.54, 1.807) is 13.2 Å². The highest BCUT2D eigenvalue weighted by molar-refractivity contribution is 9.10. The van der Waals surface area contributed by atoms with Gasteiger partial charge in [-0.3, -0.25) is 9.69 Å². The second-order valence-electron chi connectivity index (χ2n) is 6.02. The van der Waals surface area contributed by atoms with Crippen LogP contribution >= 0.6 is 15.9 Å². The molecule has 3 rings (SSSR count). The number of benzene rings is 1. The second kappa shape index (κ2) is 6.84. The Bertz CT molecular complexity index is 750. The van der Waals surface area contributed by atoms with Crippen molar-refractivity contribution >= 4 is 21.6 Å². The fourth-order valence-electron chi connectivity index (χ4n) is 2.94.